The third-order valence-corrected chi connectivity index (χ3v) is 10.0. The fourth-order valence-electron chi connectivity index (χ4n) is 6.84. The smallest absolute Gasteiger partial charge is 0.227 e. The Hall–Kier alpha value is -5.91. The summed E-state index contributed by atoms with van der Waals surface area (Å²) in [6, 6.07) is 50.8. The van der Waals surface area contributed by atoms with Crippen molar-refractivity contribution >= 4 is 92.4 Å². The quantitative estimate of drug-likeness (QED) is 0.199. The van der Waals surface area contributed by atoms with E-state index in [0.29, 0.717) is 5.89 Å². The SMILES string of the molecule is c1ccc2c(N(c3ccc4c(c3)sc3cccc(-c5nc6ccccc6o5)c34)c3cccc4c3oc3ccccc34)cccc2c1. The molecule has 216 valence electrons. The minimum Gasteiger partial charge on any atom is -0.454 e. The minimum absolute atomic E-state index is 0.643. The molecular weight excluding hydrogens is 585 g/mol. The van der Waals surface area contributed by atoms with E-state index in [0.717, 1.165) is 61.1 Å². The first-order chi connectivity index (χ1) is 22.8. The second-order valence-electron chi connectivity index (χ2n) is 11.5. The minimum atomic E-state index is 0.643. The van der Waals surface area contributed by atoms with Crippen LogP contribution in [0.3, 0.4) is 0 Å². The Morgan fingerprint density at radius 3 is 2.20 bits per heavy atom. The zero-order valence-corrected chi connectivity index (χ0v) is 25.3. The van der Waals surface area contributed by atoms with E-state index in [9.17, 15) is 0 Å². The van der Waals surface area contributed by atoms with Crippen molar-refractivity contribution in [3.63, 3.8) is 0 Å². The van der Waals surface area contributed by atoms with Crippen LogP contribution in [0.2, 0.25) is 0 Å². The molecule has 0 bridgehead atoms. The lowest BCUT2D eigenvalue weighted by Crippen LogP contribution is -2.10. The summed E-state index contributed by atoms with van der Waals surface area (Å²) in [6.07, 6.45) is 0. The summed E-state index contributed by atoms with van der Waals surface area (Å²) in [7, 11) is 0. The zero-order valence-electron chi connectivity index (χ0n) is 24.5. The molecule has 0 saturated carbocycles. The second-order valence-corrected chi connectivity index (χ2v) is 12.6. The predicted octanol–water partition coefficient (Wildman–Crippen LogP) is 12.4. The van der Waals surface area contributed by atoms with Crippen LogP contribution in [-0.4, -0.2) is 4.98 Å². The number of aromatic nitrogens is 1. The largest absolute Gasteiger partial charge is 0.454 e. The molecular formula is C41H24N2O2S. The van der Waals surface area contributed by atoms with Gasteiger partial charge in [0.15, 0.2) is 11.2 Å². The standard InChI is InChI=1S/C41H24N2O2S/c1-2-12-27-25(10-1)11-7-17-33(27)43(34-18-8-14-29-28-13-3-5-19-35(28)44-40(29)34)26-22-23-30-38(24-26)46-37-21-9-15-31(39(30)37)41-42-32-16-4-6-20-36(32)45-41/h1-24H. The Kier molecular flexibility index (Phi) is 5.41. The number of anilines is 3. The Labute approximate surface area is 267 Å². The molecule has 0 aliphatic carbocycles. The normalized spacial score (nSPS) is 11.9. The number of rotatable bonds is 4. The van der Waals surface area contributed by atoms with Gasteiger partial charge in [-0.25, -0.2) is 4.98 Å². The number of hydrogen-bond donors (Lipinski definition) is 0. The van der Waals surface area contributed by atoms with Gasteiger partial charge in [-0.05, 0) is 60.0 Å². The molecule has 0 spiro atoms. The number of furan rings is 1. The molecule has 0 unspecified atom stereocenters. The van der Waals surface area contributed by atoms with Crippen molar-refractivity contribution in [1.29, 1.82) is 0 Å². The van der Waals surface area contributed by atoms with Gasteiger partial charge in [0.25, 0.3) is 0 Å². The van der Waals surface area contributed by atoms with Crippen LogP contribution in [0.15, 0.2) is 154 Å². The summed E-state index contributed by atoms with van der Waals surface area (Å²) < 4.78 is 15.2. The Bertz CT molecular complexity index is 2750. The average molecular weight is 609 g/mol. The number of hydrogen-bond acceptors (Lipinski definition) is 5. The third kappa shape index (κ3) is 3.76. The van der Waals surface area contributed by atoms with E-state index in [1.807, 2.05) is 36.4 Å². The summed E-state index contributed by atoms with van der Waals surface area (Å²) >= 11 is 1.79. The number of thiophene rings is 1. The zero-order chi connectivity index (χ0) is 30.2. The molecule has 3 heterocycles. The molecule has 10 rings (SSSR count). The van der Waals surface area contributed by atoms with E-state index >= 15 is 0 Å². The van der Waals surface area contributed by atoms with Crippen molar-refractivity contribution in [3.05, 3.63) is 146 Å². The highest BCUT2D eigenvalue weighted by Gasteiger charge is 2.22. The summed E-state index contributed by atoms with van der Waals surface area (Å²) in [6.45, 7) is 0. The van der Waals surface area contributed by atoms with Crippen molar-refractivity contribution in [1.82, 2.24) is 4.98 Å². The molecule has 10 aromatic rings. The van der Waals surface area contributed by atoms with Gasteiger partial charge in [-0.3, -0.25) is 0 Å². The molecule has 7 aromatic carbocycles. The molecule has 0 saturated heterocycles. The first-order valence-corrected chi connectivity index (χ1v) is 16.1. The maximum absolute atomic E-state index is 6.59. The third-order valence-electron chi connectivity index (χ3n) is 8.90. The number of benzene rings is 7. The van der Waals surface area contributed by atoms with Crippen LogP contribution in [0, 0.1) is 0 Å². The van der Waals surface area contributed by atoms with Crippen molar-refractivity contribution in [2.45, 2.75) is 0 Å². The van der Waals surface area contributed by atoms with E-state index in [1.54, 1.807) is 11.3 Å². The van der Waals surface area contributed by atoms with E-state index in [4.69, 9.17) is 13.8 Å². The summed E-state index contributed by atoms with van der Waals surface area (Å²) in [5.74, 6) is 0.643. The Morgan fingerprint density at radius 2 is 1.26 bits per heavy atom. The lowest BCUT2D eigenvalue weighted by molar-refractivity contribution is 0.620. The number of nitrogens with zero attached hydrogens (tertiary/aromatic N) is 2. The lowest BCUT2D eigenvalue weighted by Gasteiger charge is -2.27. The van der Waals surface area contributed by atoms with Crippen LogP contribution in [0.5, 0.6) is 0 Å². The molecule has 46 heavy (non-hydrogen) atoms. The molecule has 0 aliphatic rings. The highest BCUT2D eigenvalue weighted by atomic mass is 32.1. The first-order valence-electron chi connectivity index (χ1n) is 15.3. The van der Waals surface area contributed by atoms with Gasteiger partial charge < -0.3 is 13.7 Å². The molecule has 0 N–H and O–H groups in total. The van der Waals surface area contributed by atoms with Gasteiger partial charge in [0.05, 0.1) is 11.4 Å². The number of fused-ring (bicyclic) bond motifs is 8. The maximum atomic E-state index is 6.59. The highest BCUT2D eigenvalue weighted by molar-refractivity contribution is 7.26. The molecule has 0 aliphatic heterocycles. The number of oxazole rings is 1. The van der Waals surface area contributed by atoms with Gasteiger partial charge in [0.1, 0.15) is 11.1 Å². The van der Waals surface area contributed by atoms with Gasteiger partial charge in [-0.1, -0.05) is 91.0 Å². The maximum Gasteiger partial charge on any atom is 0.227 e. The van der Waals surface area contributed by atoms with Crippen LogP contribution in [0.4, 0.5) is 17.1 Å². The molecule has 0 fully saturated rings. The van der Waals surface area contributed by atoms with Crippen molar-refractivity contribution in [3.8, 4) is 11.5 Å². The van der Waals surface area contributed by atoms with Crippen LogP contribution >= 0.6 is 11.3 Å². The van der Waals surface area contributed by atoms with Crippen LogP contribution < -0.4 is 4.90 Å². The van der Waals surface area contributed by atoms with Crippen molar-refractivity contribution < 1.29 is 8.83 Å². The van der Waals surface area contributed by atoms with Crippen molar-refractivity contribution in [2.75, 3.05) is 4.90 Å². The topological polar surface area (TPSA) is 42.4 Å². The van der Waals surface area contributed by atoms with Gasteiger partial charge >= 0.3 is 0 Å². The molecule has 0 atom stereocenters. The number of para-hydroxylation sites is 4. The Morgan fingerprint density at radius 1 is 0.522 bits per heavy atom. The monoisotopic (exact) mass is 608 g/mol. The summed E-state index contributed by atoms with van der Waals surface area (Å²) in [5.41, 5.74) is 7.57. The van der Waals surface area contributed by atoms with E-state index in [-0.39, 0.29) is 0 Å². The summed E-state index contributed by atoms with van der Waals surface area (Å²) in [4.78, 5) is 7.19. The first kappa shape index (κ1) is 25.4. The average Bonchev–Trinajstić information content (AvgIpc) is 3.82. The van der Waals surface area contributed by atoms with Gasteiger partial charge in [0.2, 0.25) is 5.89 Å². The van der Waals surface area contributed by atoms with E-state index in [1.165, 1.54) is 25.6 Å². The van der Waals surface area contributed by atoms with E-state index < -0.39 is 0 Å². The van der Waals surface area contributed by atoms with Gasteiger partial charge in [-0.15, -0.1) is 11.3 Å². The molecule has 4 nitrogen and oxygen atoms in total. The molecule has 3 aromatic heterocycles. The fraction of sp³-hybridized carbons (Fsp3) is 0. The highest BCUT2D eigenvalue weighted by Crippen LogP contribution is 2.47. The molecule has 5 heteroatoms. The molecule has 0 amide bonds. The summed E-state index contributed by atoms with van der Waals surface area (Å²) in [5, 5.41) is 6.92. The lowest BCUT2D eigenvalue weighted by atomic mass is 10.0. The second kappa shape index (κ2) is 9.80. The van der Waals surface area contributed by atoms with E-state index in [2.05, 4.69) is 114 Å². The predicted molar refractivity (Wildman–Crippen MR) is 192 cm³/mol. The van der Waals surface area contributed by atoms with Gasteiger partial charge in [-0.2, -0.15) is 0 Å². The van der Waals surface area contributed by atoms with Crippen LogP contribution in [-0.2, 0) is 0 Å². The van der Waals surface area contributed by atoms with Crippen LogP contribution in [0.1, 0.15) is 0 Å². The van der Waals surface area contributed by atoms with Crippen molar-refractivity contribution in [2.24, 2.45) is 0 Å². The fourth-order valence-corrected chi connectivity index (χ4v) is 8.00. The molecule has 0 radical (unpaired) electrons. The Balaban J connectivity index is 1.23. The van der Waals surface area contributed by atoms with Gasteiger partial charge in [0, 0.05) is 47.6 Å². The van der Waals surface area contributed by atoms with Crippen LogP contribution in [0.25, 0.3) is 75.4 Å².